The van der Waals surface area contributed by atoms with E-state index in [0.29, 0.717) is 53.3 Å². The Bertz CT molecular complexity index is 1550. The van der Waals surface area contributed by atoms with Gasteiger partial charge in [-0.25, -0.2) is 14.6 Å². The molecule has 2 aromatic heterocycles. The minimum Gasteiger partial charge on any atom is -0.383 e. The van der Waals surface area contributed by atoms with E-state index < -0.39 is 0 Å². The van der Waals surface area contributed by atoms with Gasteiger partial charge in [0.05, 0.1) is 23.1 Å². The van der Waals surface area contributed by atoms with Gasteiger partial charge < -0.3 is 16.0 Å². The zero-order chi connectivity index (χ0) is 26.6. The van der Waals surface area contributed by atoms with Gasteiger partial charge in [0.2, 0.25) is 5.91 Å². The number of hydrogen-bond acceptors (Lipinski definition) is 7. The summed E-state index contributed by atoms with van der Waals surface area (Å²) in [7, 11) is 0. The second kappa shape index (κ2) is 10.5. The van der Waals surface area contributed by atoms with E-state index in [2.05, 4.69) is 21.9 Å². The van der Waals surface area contributed by atoms with Crippen LogP contribution in [0.5, 0.6) is 0 Å². The highest BCUT2D eigenvalue weighted by Crippen LogP contribution is 2.33. The van der Waals surface area contributed by atoms with Crippen LogP contribution in [-0.4, -0.2) is 49.6 Å². The van der Waals surface area contributed by atoms with Crippen LogP contribution >= 0.6 is 0 Å². The van der Waals surface area contributed by atoms with E-state index in [1.165, 1.54) is 12.4 Å². The Labute approximate surface area is 219 Å². The number of fused-ring (bicyclic) bond motifs is 1. The molecule has 1 aliphatic rings. The lowest BCUT2D eigenvalue weighted by Gasteiger charge is -2.32. The number of hydrogen-bond donors (Lipinski definition) is 2. The van der Waals surface area contributed by atoms with Crippen LogP contribution in [0.1, 0.15) is 40.4 Å². The van der Waals surface area contributed by atoms with E-state index in [9.17, 15) is 9.59 Å². The molecule has 38 heavy (non-hydrogen) atoms. The standard InChI is InChI=1S/C28H26N8O2/c1-2-23(37)35-13-3-4-22(16-35)36-27-24(26(30)32-17-33-27)25(34-36)20-9-7-19(8-10-20)15-31-28(38)21-11-5-18(14-29)6-12-21/h2,5-12,17,22H,1,3-4,13,15-16H2,(H,31,38)(H2,30,32,33)/t22-/m1/s1. The summed E-state index contributed by atoms with van der Waals surface area (Å²) in [5.41, 5.74) is 10.3. The quantitative estimate of drug-likeness (QED) is 0.382. The molecule has 1 aliphatic heterocycles. The average Bonchev–Trinajstić information content (AvgIpc) is 3.37. The Morgan fingerprint density at radius 1 is 1.16 bits per heavy atom. The molecule has 0 unspecified atom stereocenters. The number of anilines is 1. The summed E-state index contributed by atoms with van der Waals surface area (Å²) in [6, 6.07) is 16.2. The van der Waals surface area contributed by atoms with Gasteiger partial charge in [-0.15, -0.1) is 0 Å². The maximum Gasteiger partial charge on any atom is 0.251 e. The van der Waals surface area contributed by atoms with Crippen molar-refractivity contribution in [2.75, 3.05) is 18.8 Å². The highest BCUT2D eigenvalue weighted by Gasteiger charge is 2.28. The first-order valence-corrected chi connectivity index (χ1v) is 12.3. The summed E-state index contributed by atoms with van der Waals surface area (Å²) in [5, 5.41) is 17.4. The molecule has 190 valence electrons. The Morgan fingerprint density at radius 3 is 2.63 bits per heavy atom. The van der Waals surface area contributed by atoms with Crippen molar-refractivity contribution >= 4 is 28.7 Å². The fourth-order valence-electron chi connectivity index (χ4n) is 4.70. The van der Waals surface area contributed by atoms with Crippen molar-refractivity contribution in [2.45, 2.75) is 25.4 Å². The van der Waals surface area contributed by atoms with Gasteiger partial charge in [-0.05, 0) is 48.7 Å². The molecule has 3 N–H and O–H groups in total. The third-order valence-corrected chi connectivity index (χ3v) is 6.70. The number of likely N-dealkylation sites (tertiary alicyclic amines) is 1. The lowest BCUT2D eigenvalue weighted by Crippen LogP contribution is -2.40. The molecule has 0 spiro atoms. The molecular weight excluding hydrogens is 480 g/mol. The lowest BCUT2D eigenvalue weighted by molar-refractivity contribution is -0.127. The Kier molecular flexibility index (Phi) is 6.82. The molecule has 0 bridgehead atoms. The van der Waals surface area contributed by atoms with E-state index in [1.54, 1.807) is 29.2 Å². The summed E-state index contributed by atoms with van der Waals surface area (Å²) in [4.78, 5) is 35.1. The highest BCUT2D eigenvalue weighted by molar-refractivity contribution is 5.98. The molecule has 3 heterocycles. The van der Waals surface area contributed by atoms with E-state index in [4.69, 9.17) is 16.1 Å². The first-order chi connectivity index (χ1) is 18.5. The molecule has 10 heteroatoms. The number of nitrogens with one attached hydrogen (secondary N) is 1. The van der Waals surface area contributed by atoms with Crippen molar-refractivity contribution < 1.29 is 9.59 Å². The number of nitrogen functional groups attached to an aromatic ring is 1. The summed E-state index contributed by atoms with van der Waals surface area (Å²) in [6.45, 7) is 5.15. The minimum absolute atomic E-state index is 0.0464. The lowest BCUT2D eigenvalue weighted by atomic mass is 10.1. The molecule has 2 aromatic carbocycles. The van der Waals surface area contributed by atoms with Gasteiger partial charge >= 0.3 is 0 Å². The second-order valence-electron chi connectivity index (χ2n) is 9.10. The van der Waals surface area contributed by atoms with Crippen LogP contribution in [0.2, 0.25) is 0 Å². The summed E-state index contributed by atoms with van der Waals surface area (Å²) < 4.78 is 1.86. The van der Waals surface area contributed by atoms with Gasteiger partial charge in [-0.3, -0.25) is 9.59 Å². The number of benzene rings is 2. The SMILES string of the molecule is C=CC(=O)N1CCC[C@@H](n2nc(-c3ccc(CNC(=O)c4ccc(C#N)cc4)cc3)c3c(N)ncnc32)C1. The zero-order valence-electron chi connectivity index (χ0n) is 20.7. The Hall–Kier alpha value is -5.04. The van der Waals surface area contributed by atoms with Crippen molar-refractivity contribution in [2.24, 2.45) is 0 Å². The van der Waals surface area contributed by atoms with Crippen molar-refractivity contribution in [3.63, 3.8) is 0 Å². The molecule has 1 fully saturated rings. The molecule has 10 nitrogen and oxygen atoms in total. The third kappa shape index (κ3) is 4.82. The number of carbonyl (C=O) groups is 2. The van der Waals surface area contributed by atoms with E-state index in [-0.39, 0.29) is 17.9 Å². The van der Waals surface area contributed by atoms with Gasteiger partial charge in [0.15, 0.2) is 5.65 Å². The summed E-state index contributed by atoms with van der Waals surface area (Å²) >= 11 is 0. The highest BCUT2D eigenvalue weighted by atomic mass is 16.2. The van der Waals surface area contributed by atoms with Crippen molar-refractivity contribution in [1.82, 2.24) is 30.0 Å². The monoisotopic (exact) mass is 506 g/mol. The molecule has 1 saturated heterocycles. The molecule has 4 aromatic rings. The summed E-state index contributed by atoms with van der Waals surface area (Å²) in [6.07, 6.45) is 4.47. The zero-order valence-corrected chi connectivity index (χ0v) is 20.7. The van der Waals surface area contributed by atoms with Crippen molar-refractivity contribution in [1.29, 1.82) is 5.26 Å². The average molecular weight is 507 g/mol. The predicted octanol–water partition coefficient (Wildman–Crippen LogP) is 3.23. The molecule has 0 radical (unpaired) electrons. The van der Waals surface area contributed by atoms with Crippen LogP contribution in [0, 0.1) is 11.3 Å². The fourth-order valence-corrected chi connectivity index (χ4v) is 4.70. The van der Waals surface area contributed by atoms with Crippen LogP contribution in [-0.2, 0) is 11.3 Å². The molecule has 2 amide bonds. The largest absolute Gasteiger partial charge is 0.383 e. The van der Waals surface area contributed by atoms with E-state index >= 15 is 0 Å². The predicted molar refractivity (Wildman–Crippen MR) is 143 cm³/mol. The van der Waals surface area contributed by atoms with Gasteiger partial charge in [0.25, 0.3) is 5.91 Å². The minimum atomic E-state index is -0.218. The number of nitrogens with zero attached hydrogens (tertiary/aromatic N) is 6. The van der Waals surface area contributed by atoms with Crippen LogP contribution in [0.3, 0.4) is 0 Å². The number of piperidine rings is 1. The Balaban J connectivity index is 1.37. The topological polar surface area (TPSA) is 143 Å². The first kappa shape index (κ1) is 24.6. The van der Waals surface area contributed by atoms with Crippen LogP contribution in [0.25, 0.3) is 22.3 Å². The fraction of sp³-hybridized carbons (Fsp3) is 0.214. The molecule has 5 rings (SSSR count). The van der Waals surface area contributed by atoms with E-state index in [1.807, 2.05) is 35.0 Å². The molecular formula is C28H26N8O2. The van der Waals surface area contributed by atoms with E-state index in [0.717, 1.165) is 24.0 Å². The van der Waals surface area contributed by atoms with Crippen LogP contribution in [0.4, 0.5) is 5.82 Å². The number of rotatable bonds is 6. The number of nitrogens with two attached hydrogens (primary N) is 1. The molecule has 0 aliphatic carbocycles. The summed E-state index contributed by atoms with van der Waals surface area (Å²) in [5.74, 6) is 0.0249. The molecule has 0 saturated carbocycles. The van der Waals surface area contributed by atoms with Crippen LogP contribution < -0.4 is 11.1 Å². The van der Waals surface area contributed by atoms with Crippen molar-refractivity contribution in [3.8, 4) is 17.3 Å². The Morgan fingerprint density at radius 2 is 1.92 bits per heavy atom. The third-order valence-electron chi connectivity index (χ3n) is 6.70. The second-order valence-corrected chi connectivity index (χ2v) is 9.10. The van der Waals surface area contributed by atoms with Crippen LogP contribution in [0.15, 0.2) is 67.5 Å². The maximum absolute atomic E-state index is 12.5. The first-order valence-electron chi connectivity index (χ1n) is 12.3. The van der Waals surface area contributed by atoms with Gasteiger partial charge in [-0.1, -0.05) is 30.8 Å². The number of carbonyl (C=O) groups excluding carboxylic acids is 2. The molecule has 1 atom stereocenters. The van der Waals surface area contributed by atoms with Gasteiger partial charge in [0, 0.05) is 30.8 Å². The van der Waals surface area contributed by atoms with Crippen molar-refractivity contribution in [3.05, 3.63) is 84.2 Å². The number of amides is 2. The number of nitriles is 1. The normalized spacial score (nSPS) is 15.1. The number of aromatic nitrogens is 4. The van der Waals surface area contributed by atoms with Gasteiger partial charge in [0.1, 0.15) is 17.8 Å². The maximum atomic E-state index is 12.5. The smallest absolute Gasteiger partial charge is 0.251 e. The van der Waals surface area contributed by atoms with Gasteiger partial charge in [-0.2, -0.15) is 10.4 Å².